The van der Waals surface area contributed by atoms with Crippen molar-refractivity contribution in [2.75, 3.05) is 17.7 Å². The van der Waals surface area contributed by atoms with Gasteiger partial charge in [0.2, 0.25) is 0 Å². The lowest BCUT2D eigenvalue weighted by Gasteiger charge is -2.13. The number of nitrogens with one attached hydrogen (secondary N) is 2. The van der Waals surface area contributed by atoms with Crippen molar-refractivity contribution in [2.24, 2.45) is 0 Å². The molecule has 1 heterocycles. The third kappa shape index (κ3) is 2.12. The van der Waals surface area contributed by atoms with Crippen LogP contribution in [0.15, 0.2) is 48.5 Å². The lowest BCUT2D eigenvalue weighted by Crippen LogP contribution is -2.19. The van der Waals surface area contributed by atoms with E-state index in [9.17, 15) is 4.79 Å². The molecule has 1 amide bonds. The highest BCUT2D eigenvalue weighted by Crippen LogP contribution is 2.33. The van der Waals surface area contributed by atoms with E-state index >= 15 is 0 Å². The van der Waals surface area contributed by atoms with Crippen molar-refractivity contribution in [3.8, 4) is 5.75 Å². The molecule has 1 aliphatic rings. The number of benzene rings is 2. The molecule has 2 aromatic rings. The topological polar surface area (TPSA) is 50.4 Å². The number of methoxy groups -OCH3 is 1. The molecule has 1 aliphatic heterocycles. The van der Waals surface area contributed by atoms with E-state index in [0.29, 0.717) is 0 Å². The first kappa shape index (κ1) is 11.6. The Morgan fingerprint density at radius 1 is 1.11 bits per heavy atom. The molecule has 1 atom stereocenters. The van der Waals surface area contributed by atoms with Crippen LogP contribution in [0.3, 0.4) is 0 Å². The summed E-state index contributed by atoms with van der Waals surface area (Å²) >= 11 is 0. The first-order valence-corrected chi connectivity index (χ1v) is 6.08. The van der Waals surface area contributed by atoms with Gasteiger partial charge in [-0.15, -0.1) is 0 Å². The van der Waals surface area contributed by atoms with Crippen LogP contribution < -0.4 is 15.4 Å². The van der Waals surface area contributed by atoms with Crippen molar-refractivity contribution in [1.82, 2.24) is 0 Å². The van der Waals surface area contributed by atoms with Crippen molar-refractivity contribution in [1.29, 1.82) is 0 Å². The molecule has 19 heavy (non-hydrogen) atoms. The Labute approximate surface area is 111 Å². The molecular formula is C15H14N2O2. The quantitative estimate of drug-likeness (QED) is 0.885. The Morgan fingerprint density at radius 2 is 1.84 bits per heavy atom. The fourth-order valence-corrected chi connectivity index (χ4v) is 2.21. The highest BCUT2D eigenvalue weighted by atomic mass is 16.5. The van der Waals surface area contributed by atoms with Crippen LogP contribution in [0.2, 0.25) is 0 Å². The number of ether oxygens (including phenoxy) is 1. The number of hydrogen-bond donors (Lipinski definition) is 2. The molecule has 0 aromatic heterocycles. The summed E-state index contributed by atoms with van der Waals surface area (Å²) < 4.78 is 5.11. The van der Waals surface area contributed by atoms with Crippen LogP contribution in [0.1, 0.15) is 11.6 Å². The van der Waals surface area contributed by atoms with Crippen LogP contribution in [0, 0.1) is 0 Å². The van der Waals surface area contributed by atoms with Gasteiger partial charge in [-0.05, 0) is 30.3 Å². The molecule has 4 nitrogen and oxygen atoms in total. The van der Waals surface area contributed by atoms with Gasteiger partial charge in [0.25, 0.3) is 5.91 Å². The smallest absolute Gasteiger partial charge is 0.251 e. The number of para-hydroxylation sites is 1. The predicted molar refractivity (Wildman–Crippen MR) is 74.4 cm³/mol. The standard InChI is InChI=1S/C15H14N2O2/c1-19-11-8-6-10(7-9-11)16-14-12-4-2-3-5-13(12)17-15(14)18/h2-9,14,16H,1H3,(H,17,18)/t14-/m1/s1. The summed E-state index contributed by atoms with van der Waals surface area (Å²) in [6.45, 7) is 0. The van der Waals surface area contributed by atoms with Crippen LogP contribution in [-0.4, -0.2) is 13.0 Å². The average Bonchev–Trinajstić information content (AvgIpc) is 2.76. The van der Waals surface area contributed by atoms with E-state index in [1.165, 1.54) is 0 Å². The van der Waals surface area contributed by atoms with Crippen molar-refractivity contribution in [2.45, 2.75) is 6.04 Å². The van der Waals surface area contributed by atoms with Gasteiger partial charge < -0.3 is 15.4 Å². The molecule has 0 bridgehead atoms. The van der Waals surface area contributed by atoms with Gasteiger partial charge >= 0.3 is 0 Å². The summed E-state index contributed by atoms with van der Waals surface area (Å²) in [4.78, 5) is 12.0. The number of anilines is 2. The van der Waals surface area contributed by atoms with Crippen molar-refractivity contribution in [3.05, 3.63) is 54.1 Å². The Kier molecular flexibility index (Phi) is 2.83. The summed E-state index contributed by atoms with van der Waals surface area (Å²) in [6, 6.07) is 14.9. The fourth-order valence-electron chi connectivity index (χ4n) is 2.21. The molecule has 0 saturated carbocycles. The number of amides is 1. The first-order chi connectivity index (χ1) is 9.28. The van der Waals surface area contributed by atoms with Gasteiger partial charge in [-0.25, -0.2) is 0 Å². The SMILES string of the molecule is COc1ccc(N[C@H]2C(=O)Nc3ccccc32)cc1. The van der Waals surface area contributed by atoms with Gasteiger partial charge in [0.05, 0.1) is 7.11 Å². The molecule has 3 rings (SSSR count). The summed E-state index contributed by atoms with van der Waals surface area (Å²) in [5, 5.41) is 6.09. The van der Waals surface area contributed by atoms with E-state index in [1.807, 2.05) is 48.5 Å². The highest BCUT2D eigenvalue weighted by molar-refractivity contribution is 6.04. The summed E-state index contributed by atoms with van der Waals surface area (Å²) in [6.07, 6.45) is 0. The Bertz CT molecular complexity index is 608. The third-order valence-corrected chi connectivity index (χ3v) is 3.19. The summed E-state index contributed by atoms with van der Waals surface area (Å²) in [5.74, 6) is 0.763. The Morgan fingerprint density at radius 3 is 2.58 bits per heavy atom. The maximum Gasteiger partial charge on any atom is 0.251 e. The lowest BCUT2D eigenvalue weighted by molar-refractivity contribution is -0.116. The molecule has 0 radical (unpaired) electrons. The largest absolute Gasteiger partial charge is 0.497 e. The van der Waals surface area contributed by atoms with Gasteiger partial charge in [-0.2, -0.15) is 0 Å². The van der Waals surface area contributed by atoms with E-state index < -0.39 is 0 Å². The molecule has 0 saturated heterocycles. The number of rotatable bonds is 3. The van der Waals surface area contributed by atoms with E-state index in [1.54, 1.807) is 7.11 Å². The second-order valence-corrected chi connectivity index (χ2v) is 4.38. The van der Waals surface area contributed by atoms with Crippen molar-refractivity contribution >= 4 is 17.3 Å². The van der Waals surface area contributed by atoms with Gasteiger partial charge in [0.1, 0.15) is 11.8 Å². The molecule has 0 unspecified atom stereocenters. The van der Waals surface area contributed by atoms with Crippen molar-refractivity contribution < 1.29 is 9.53 Å². The normalized spacial score (nSPS) is 16.7. The lowest BCUT2D eigenvalue weighted by atomic mass is 10.1. The van der Waals surface area contributed by atoms with Crippen LogP contribution in [0.25, 0.3) is 0 Å². The molecular weight excluding hydrogens is 240 g/mol. The second kappa shape index (κ2) is 4.65. The molecule has 0 spiro atoms. The first-order valence-electron chi connectivity index (χ1n) is 6.08. The third-order valence-electron chi connectivity index (χ3n) is 3.19. The zero-order valence-electron chi connectivity index (χ0n) is 10.5. The minimum absolute atomic E-state index is 0.0305. The van der Waals surface area contributed by atoms with Crippen LogP contribution >= 0.6 is 0 Å². The number of hydrogen-bond acceptors (Lipinski definition) is 3. The Hall–Kier alpha value is -2.49. The van der Waals surface area contributed by atoms with E-state index in [0.717, 1.165) is 22.7 Å². The molecule has 0 fully saturated rings. The maximum atomic E-state index is 12.0. The monoisotopic (exact) mass is 254 g/mol. The van der Waals surface area contributed by atoms with Gasteiger partial charge in [0.15, 0.2) is 0 Å². The number of carbonyl (C=O) groups excluding carboxylic acids is 1. The minimum atomic E-state index is -0.343. The summed E-state index contributed by atoms with van der Waals surface area (Å²) in [7, 11) is 1.63. The van der Waals surface area contributed by atoms with Gasteiger partial charge in [0, 0.05) is 16.9 Å². The minimum Gasteiger partial charge on any atom is -0.497 e. The van der Waals surface area contributed by atoms with Crippen LogP contribution in [0.4, 0.5) is 11.4 Å². The van der Waals surface area contributed by atoms with E-state index in [4.69, 9.17) is 4.74 Å². The van der Waals surface area contributed by atoms with Gasteiger partial charge in [-0.1, -0.05) is 18.2 Å². The van der Waals surface area contributed by atoms with E-state index in [2.05, 4.69) is 10.6 Å². The maximum absolute atomic E-state index is 12.0. The molecule has 0 aliphatic carbocycles. The Balaban J connectivity index is 1.84. The highest BCUT2D eigenvalue weighted by Gasteiger charge is 2.29. The fraction of sp³-hybridized carbons (Fsp3) is 0.133. The molecule has 4 heteroatoms. The van der Waals surface area contributed by atoms with Crippen LogP contribution in [-0.2, 0) is 4.79 Å². The zero-order valence-corrected chi connectivity index (χ0v) is 10.5. The average molecular weight is 254 g/mol. The molecule has 2 aromatic carbocycles. The second-order valence-electron chi connectivity index (χ2n) is 4.38. The van der Waals surface area contributed by atoms with Crippen molar-refractivity contribution in [3.63, 3.8) is 0 Å². The molecule has 2 N–H and O–H groups in total. The molecule has 96 valence electrons. The van der Waals surface area contributed by atoms with E-state index in [-0.39, 0.29) is 11.9 Å². The number of carbonyl (C=O) groups is 1. The predicted octanol–water partition coefficient (Wildman–Crippen LogP) is 2.80. The zero-order chi connectivity index (χ0) is 13.2. The van der Waals surface area contributed by atoms with Crippen LogP contribution in [0.5, 0.6) is 5.75 Å². The number of fused-ring (bicyclic) bond motifs is 1. The van der Waals surface area contributed by atoms with Gasteiger partial charge in [-0.3, -0.25) is 4.79 Å². The summed E-state index contributed by atoms with van der Waals surface area (Å²) in [5.41, 5.74) is 2.74.